The van der Waals surface area contributed by atoms with Crippen molar-refractivity contribution in [3.63, 3.8) is 0 Å². The summed E-state index contributed by atoms with van der Waals surface area (Å²) in [5, 5.41) is 8.79. The Kier molecular flexibility index (Phi) is 3.33. The first kappa shape index (κ1) is 15.4. The molecule has 27 heavy (non-hydrogen) atoms. The van der Waals surface area contributed by atoms with E-state index in [9.17, 15) is 4.79 Å². The normalized spacial score (nSPS) is 11.3. The number of nitrogens with zero attached hydrogens (tertiary/aromatic N) is 5. The lowest BCUT2D eigenvalue weighted by molar-refractivity contribution is 0.518. The monoisotopic (exact) mass is 355 g/mol. The molecule has 5 rings (SSSR count). The summed E-state index contributed by atoms with van der Waals surface area (Å²) in [6, 6.07) is 18.9. The highest BCUT2D eigenvalue weighted by Crippen LogP contribution is 2.25. The summed E-state index contributed by atoms with van der Waals surface area (Å²) in [4.78, 5) is 21.7. The van der Waals surface area contributed by atoms with Gasteiger partial charge in [-0.15, -0.1) is 5.10 Å². The van der Waals surface area contributed by atoms with Crippen molar-refractivity contribution >= 4 is 22.1 Å². The largest absolute Gasteiger partial charge is 0.403 e. The molecule has 0 atom stereocenters. The molecule has 0 aliphatic carbocycles. The van der Waals surface area contributed by atoms with E-state index in [0.717, 1.165) is 11.3 Å². The van der Waals surface area contributed by atoms with Crippen LogP contribution >= 0.6 is 0 Å². The third-order valence-electron chi connectivity index (χ3n) is 4.37. The van der Waals surface area contributed by atoms with Gasteiger partial charge in [-0.25, -0.2) is 14.8 Å². The smallest absolute Gasteiger partial charge is 0.349 e. The molecule has 0 unspecified atom stereocenters. The second-order valence-electron chi connectivity index (χ2n) is 6.10. The van der Waals surface area contributed by atoms with Gasteiger partial charge in [0.15, 0.2) is 11.2 Å². The Balaban J connectivity index is 1.86. The molecule has 0 saturated carbocycles. The number of para-hydroxylation sites is 1. The van der Waals surface area contributed by atoms with E-state index in [1.165, 1.54) is 0 Å². The molecule has 0 amide bonds. The van der Waals surface area contributed by atoms with Crippen LogP contribution in [0.25, 0.3) is 39.2 Å². The summed E-state index contributed by atoms with van der Waals surface area (Å²) < 4.78 is 7.08. The summed E-state index contributed by atoms with van der Waals surface area (Å²) in [6.45, 7) is 1.75. The zero-order valence-electron chi connectivity index (χ0n) is 14.3. The van der Waals surface area contributed by atoms with Crippen molar-refractivity contribution in [1.82, 2.24) is 25.0 Å². The van der Waals surface area contributed by atoms with Gasteiger partial charge in [-0.1, -0.05) is 41.6 Å². The topological polar surface area (TPSA) is 86.7 Å². The van der Waals surface area contributed by atoms with E-state index in [4.69, 9.17) is 4.42 Å². The molecule has 0 saturated heterocycles. The Hall–Kier alpha value is -3.87. The molecule has 7 heteroatoms. The van der Waals surface area contributed by atoms with E-state index >= 15 is 0 Å². The molecule has 130 valence electrons. The van der Waals surface area contributed by atoms with Crippen LogP contribution in [-0.4, -0.2) is 25.0 Å². The van der Waals surface area contributed by atoms with E-state index in [2.05, 4.69) is 20.3 Å². The minimum absolute atomic E-state index is 0.245. The zero-order chi connectivity index (χ0) is 18.4. The van der Waals surface area contributed by atoms with Crippen LogP contribution in [0.3, 0.4) is 0 Å². The zero-order valence-corrected chi connectivity index (χ0v) is 14.3. The van der Waals surface area contributed by atoms with E-state index in [-0.39, 0.29) is 5.89 Å². The highest BCUT2D eigenvalue weighted by Gasteiger charge is 2.19. The van der Waals surface area contributed by atoms with Crippen molar-refractivity contribution < 1.29 is 4.42 Å². The summed E-state index contributed by atoms with van der Waals surface area (Å²) in [6.07, 6.45) is 0. The van der Waals surface area contributed by atoms with Crippen LogP contribution in [0.4, 0.5) is 0 Å². The molecule has 0 radical (unpaired) electrons. The van der Waals surface area contributed by atoms with Gasteiger partial charge in [0, 0.05) is 5.56 Å². The van der Waals surface area contributed by atoms with Crippen LogP contribution in [0.5, 0.6) is 0 Å². The molecule has 7 nitrogen and oxygen atoms in total. The molecule has 2 aromatic carbocycles. The minimum Gasteiger partial charge on any atom is -0.403 e. The summed E-state index contributed by atoms with van der Waals surface area (Å²) in [5.74, 6) is 0.245. The van der Waals surface area contributed by atoms with Crippen LogP contribution in [0.15, 0.2) is 69.9 Å². The molecule has 3 heterocycles. The molecule has 3 aromatic heterocycles. The average Bonchev–Trinajstić information content (AvgIpc) is 3.13. The maximum atomic E-state index is 12.6. The van der Waals surface area contributed by atoms with Crippen molar-refractivity contribution in [1.29, 1.82) is 0 Å². The first-order valence-electron chi connectivity index (χ1n) is 8.40. The number of fused-ring (bicyclic) bond motifs is 3. The fraction of sp³-hybridized carbons (Fsp3) is 0.0500. The third-order valence-corrected chi connectivity index (χ3v) is 4.37. The average molecular weight is 355 g/mol. The van der Waals surface area contributed by atoms with Crippen molar-refractivity contribution in [3.8, 4) is 17.1 Å². The fourth-order valence-electron chi connectivity index (χ4n) is 3.10. The number of rotatable bonds is 2. The Morgan fingerprint density at radius 2 is 1.59 bits per heavy atom. The fourth-order valence-corrected chi connectivity index (χ4v) is 3.10. The summed E-state index contributed by atoms with van der Waals surface area (Å²) >= 11 is 0. The van der Waals surface area contributed by atoms with Gasteiger partial charge in [0.1, 0.15) is 10.9 Å². The van der Waals surface area contributed by atoms with Crippen LogP contribution < -0.4 is 5.63 Å². The lowest BCUT2D eigenvalue weighted by atomic mass is 10.2. The molecule has 0 aliphatic rings. The van der Waals surface area contributed by atoms with Crippen LogP contribution in [-0.2, 0) is 0 Å². The standard InChI is InChI=1S/C20H13N5O2/c1-12-15-16(22-19(27-20(15)26)13-8-4-2-5-9-13)17-18(21-12)25(24-23-17)14-10-6-3-7-11-14/h2-11H,1H3. The quantitative estimate of drug-likeness (QED) is 0.483. The molecular formula is C20H13N5O2. The molecule has 0 spiro atoms. The Bertz CT molecular complexity index is 1340. The van der Waals surface area contributed by atoms with Crippen LogP contribution in [0.2, 0.25) is 0 Å². The summed E-state index contributed by atoms with van der Waals surface area (Å²) in [5.41, 5.74) is 3.03. The van der Waals surface area contributed by atoms with Crippen molar-refractivity contribution in [2.75, 3.05) is 0 Å². The first-order valence-corrected chi connectivity index (χ1v) is 8.40. The number of pyridine rings is 1. The lowest BCUT2D eigenvalue weighted by Crippen LogP contribution is -2.07. The predicted octanol–water partition coefficient (Wildman–Crippen LogP) is 3.29. The molecule has 0 N–H and O–H groups in total. The second kappa shape index (κ2) is 5.84. The maximum absolute atomic E-state index is 12.6. The van der Waals surface area contributed by atoms with Gasteiger partial charge < -0.3 is 4.42 Å². The lowest BCUT2D eigenvalue weighted by Gasteiger charge is -2.05. The van der Waals surface area contributed by atoms with Gasteiger partial charge in [-0.2, -0.15) is 4.68 Å². The van der Waals surface area contributed by atoms with E-state index in [1.54, 1.807) is 11.6 Å². The van der Waals surface area contributed by atoms with Gasteiger partial charge in [0.05, 0.1) is 11.4 Å². The van der Waals surface area contributed by atoms with Gasteiger partial charge in [0.2, 0.25) is 5.89 Å². The van der Waals surface area contributed by atoms with Crippen LogP contribution in [0, 0.1) is 6.92 Å². The van der Waals surface area contributed by atoms with Crippen molar-refractivity contribution in [2.45, 2.75) is 6.92 Å². The predicted molar refractivity (Wildman–Crippen MR) is 101 cm³/mol. The molecule has 0 fully saturated rings. The highest BCUT2D eigenvalue weighted by molar-refractivity contribution is 6.00. The Labute approximate surface area is 152 Å². The van der Waals surface area contributed by atoms with Gasteiger partial charge in [-0.3, -0.25) is 0 Å². The highest BCUT2D eigenvalue weighted by atomic mass is 16.4. The SMILES string of the molecule is Cc1nc2c(nnn2-c2ccccc2)c2nc(-c3ccccc3)oc(=O)c12. The van der Waals surface area contributed by atoms with Gasteiger partial charge in [0.25, 0.3) is 0 Å². The number of hydrogen-bond acceptors (Lipinski definition) is 6. The maximum Gasteiger partial charge on any atom is 0.349 e. The van der Waals surface area contributed by atoms with Crippen LogP contribution in [0.1, 0.15) is 5.69 Å². The third kappa shape index (κ3) is 2.40. The number of aromatic nitrogens is 5. The number of aryl methyl sites for hydroxylation is 1. The molecule has 0 aliphatic heterocycles. The number of benzene rings is 2. The minimum atomic E-state index is -0.486. The molecular weight excluding hydrogens is 342 g/mol. The second-order valence-corrected chi connectivity index (χ2v) is 6.10. The van der Waals surface area contributed by atoms with E-state index in [0.29, 0.717) is 27.8 Å². The van der Waals surface area contributed by atoms with Gasteiger partial charge in [-0.05, 0) is 31.2 Å². The molecule has 5 aromatic rings. The Morgan fingerprint density at radius 3 is 2.33 bits per heavy atom. The Morgan fingerprint density at radius 1 is 0.889 bits per heavy atom. The molecule has 0 bridgehead atoms. The summed E-state index contributed by atoms with van der Waals surface area (Å²) in [7, 11) is 0. The van der Waals surface area contributed by atoms with Crippen molar-refractivity contribution in [3.05, 3.63) is 76.8 Å². The van der Waals surface area contributed by atoms with E-state index < -0.39 is 5.63 Å². The van der Waals surface area contributed by atoms with Gasteiger partial charge >= 0.3 is 5.63 Å². The first-order chi connectivity index (χ1) is 13.2. The van der Waals surface area contributed by atoms with E-state index in [1.807, 2.05) is 60.7 Å². The van der Waals surface area contributed by atoms with Crippen molar-refractivity contribution in [2.24, 2.45) is 0 Å². The number of hydrogen-bond donors (Lipinski definition) is 0.